The van der Waals surface area contributed by atoms with Crippen LogP contribution >= 0.6 is 0 Å². The summed E-state index contributed by atoms with van der Waals surface area (Å²) in [6.45, 7) is 1.95. The van der Waals surface area contributed by atoms with E-state index in [1.165, 1.54) is 6.07 Å². The molecule has 0 unspecified atom stereocenters. The first kappa shape index (κ1) is 11.2. The van der Waals surface area contributed by atoms with Crippen LogP contribution in [0.5, 0.6) is 11.5 Å². The van der Waals surface area contributed by atoms with Crippen LogP contribution in [0.15, 0.2) is 18.2 Å². The molecule has 1 aromatic rings. The van der Waals surface area contributed by atoms with Crippen molar-refractivity contribution < 1.29 is 14.9 Å². The highest BCUT2D eigenvalue weighted by molar-refractivity contribution is 5.45. The highest BCUT2D eigenvalue weighted by atomic mass is 16.5. The Labute approximate surface area is 88.4 Å². The average Bonchev–Trinajstić information content (AvgIpc) is 2.22. The zero-order valence-corrected chi connectivity index (χ0v) is 8.47. The summed E-state index contributed by atoms with van der Waals surface area (Å²) in [5.74, 6) is -0.415. The van der Waals surface area contributed by atoms with Crippen LogP contribution in [0, 0.1) is 11.5 Å². The van der Waals surface area contributed by atoms with Crippen molar-refractivity contribution in [3.8, 4) is 17.8 Å². The third kappa shape index (κ3) is 2.53. The standard InChI is InChI=1S/C11H13NO3/c1-2-4-10(15-7-12)8-5-3-6-9(13)11(8)14/h3,5-6,10,13-14H,2,4H2,1H3/t10-/m1/s1. The first-order valence-corrected chi connectivity index (χ1v) is 4.76. The second-order valence-corrected chi connectivity index (χ2v) is 3.20. The topological polar surface area (TPSA) is 73.5 Å². The van der Waals surface area contributed by atoms with Crippen LogP contribution < -0.4 is 0 Å². The lowest BCUT2D eigenvalue weighted by molar-refractivity contribution is 0.149. The zero-order chi connectivity index (χ0) is 11.3. The molecule has 1 aromatic carbocycles. The molecule has 0 saturated heterocycles. The van der Waals surface area contributed by atoms with Crippen LogP contribution in [0.3, 0.4) is 0 Å². The predicted molar refractivity (Wildman–Crippen MR) is 54.1 cm³/mol. The van der Waals surface area contributed by atoms with Crippen molar-refractivity contribution in [1.82, 2.24) is 0 Å². The minimum absolute atomic E-state index is 0.199. The normalized spacial score (nSPS) is 11.7. The Morgan fingerprint density at radius 1 is 1.47 bits per heavy atom. The van der Waals surface area contributed by atoms with Gasteiger partial charge in [0.15, 0.2) is 11.5 Å². The molecule has 0 aliphatic rings. The smallest absolute Gasteiger partial charge is 0.286 e. The highest BCUT2D eigenvalue weighted by Crippen LogP contribution is 2.35. The van der Waals surface area contributed by atoms with Crippen molar-refractivity contribution in [2.45, 2.75) is 25.9 Å². The molecule has 4 heteroatoms. The number of phenolic OH excluding ortho intramolecular Hbond substituents is 2. The average molecular weight is 207 g/mol. The van der Waals surface area contributed by atoms with E-state index in [-0.39, 0.29) is 11.5 Å². The van der Waals surface area contributed by atoms with E-state index in [4.69, 9.17) is 10.00 Å². The van der Waals surface area contributed by atoms with Gasteiger partial charge in [0.2, 0.25) is 0 Å². The van der Waals surface area contributed by atoms with Gasteiger partial charge < -0.3 is 14.9 Å². The van der Waals surface area contributed by atoms with Gasteiger partial charge in [0.25, 0.3) is 6.26 Å². The van der Waals surface area contributed by atoms with Crippen LogP contribution in [0.2, 0.25) is 0 Å². The minimum Gasteiger partial charge on any atom is -0.504 e. The van der Waals surface area contributed by atoms with Crippen LogP contribution in [0.1, 0.15) is 31.4 Å². The van der Waals surface area contributed by atoms with E-state index in [2.05, 4.69) is 0 Å². The Bertz CT molecular complexity index is 371. The Morgan fingerprint density at radius 3 is 2.80 bits per heavy atom. The maximum absolute atomic E-state index is 9.58. The van der Waals surface area contributed by atoms with Crippen molar-refractivity contribution in [3.63, 3.8) is 0 Å². The summed E-state index contributed by atoms with van der Waals surface area (Å²) in [6, 6.07) is 4.62. The summed E-state index contributed by atoms with van der Waals surface area (Å²) in [5.41, 5.74) is 0.443. The highest BCUT2D eigenvalue weighted by Gasteiger charge is 2.17. The summed E-state index contributed by atoms with van der Waals surface area (Å²) < 4.78 is 4.84. The van der Waals surface area contributed by atoms with Crippen molar-refractivity contribution in [2.24, 2.45) is 0 Å². The lowest BCUT2D eigenvalue weighted by Crippen LogP contribution is -2.00. The van der Waals surface area contributed by atoms with E-state index in [1.807, 2.05) is 6.92 Å². The Kier molecular flexibility index (Phi) is 3.81. The fourth-order valence-electron chi connectivity index (χ4n) is 1.41. The fraction of sp³-hybridized carbons (Fsp3) is 0.364. The summed E-state index contributed by atoms with van der Waals surface area (Å²) in [5, 5.41) is 27.3. The van der Waals surface area contributed by atoms with Gasteiger partial charge in [-0.25, -0.2) is 0 Å². The molecular formula is C11H13NO3. The summed E-state index contributed by atoms with van der Waals surface area (Å²) >= 11 is 0. The second-order valence-electron chi connectivity index (χ2n) is 3.20. The molecule has 1 atom stereocenters. The quantitative estimate of drug-likeness (QED) is 0.587. The minimum atomic E-state index is -0.493. The molecule has 1 rings (SSSR count). The maximum Gasteiger partial charge on any atom is 0.286 e. The molecule has 4 nitrogen and oxygen atoms in total. The third-order valence-corrected chi connectivity index (χ3v) is 2.14. The van der Waals surface area contributed by atoms with Gasteiger partial charge in [0, 0.05) is 5.56 Å². The van der Waals surface area contributed by atoms with E-state index in [1.54, 1.807) is 18.4 Å². The number of hydrogen-bond donors (Lipinski definition) is 2. The summed E-state index contributed by atoms with van der Waals surface area (Å²) in [6.07, 6.45) is 2.55. The molecule has 0 aliphatic heterocycles. The van der Waals surface area contributed by atoms with Gasteiger partial charge in [0.05, 0.1) is 0 Å². The molecule has 0 amide bonds. The molecule has 80 valence electrons. The lowest BCUT2D eigenvalue weighted by atomic mass is 10.0. The molecular weight excluding hydrogens is 194 g/mol. The van der Waals surface area contributed by atoms with Gasteiger partial charge in [-0.05, 0) is 12.5 Å². The largest absolute Gasteiger partial charge is 0.504 e. The maximum atomic E-state index is 9.58. The number of nitriles is 1. The van der Waals surface area contributed by atoms with Crippen molar-refractivity contribution in [2.75, 3.05) is 0 Å². The number of aromatic hydroxyl groups is 2. The van der Waals surface area contributed by atoms with E-state index >= 15 is 0 Å². The van der Waals surface area contributed by atoms with Crippen molar-refractivity contribution >= 4 is 0 Å². The van der Waals surface area contributed by atoms with E-state index in [9.17, 15) is 10.2 Å². The number of rotatable bonds is 4. The molecule has 0 spiro atoms. The number of benzene rings is 1. The van der Waals surface area contributed by atoms with Crippen LogP contribution in [0.4, 0.5) is 0 Å². The number of phenols is 2. The molecule has 0 fully saturated rings. The number of nitrogens with zero attached hydrogens (tertiary/aromatic N) is 1. The lowest BCUT2D eigenvalue weighted by Gasteiger charge is -2.14. The molecule has 0 bridgehead atoms. The number of para-hydroxylation sites is 1. The van der Waals surface area contributed by atoms with Gasteiger partial charge in [-0.3, -0.25) is 0 Å². The van der Waals surface area contributed by atoms with E-state index in [0.717, 1.165) is 6.42 Å². The summed E-state index contributed by atoms with van der Waals surface area (Å²) in [7, 11) is 0. The molecule has 15 heavy (non-hydrogen) atoms. The zero-order valence-electron chi connectivity index (χ0n) is 8.47. The van der Waals surface area contributed by atoms with Crippen molar-refractivity contribution in [1.29, 1.82) is 5.26 Å². The van der Waals surface area contributed by atoms with Gasteiger partial charge in [0.1, 0.15) is 6.10 Å². The SMILES string of the molecule is CCC[C@@H](OC#N)c1cccc(O)c1O. The monoisotopic (exact) mass is 207 g/mol. The predicted octanol–water partition coefficient (Wildman–Crippen LogP) is 2.44. The number of hydrogen-bond acceptors (Lipinski definition) is 4. The molecule has 2 N–H and O–H groups in total. The van der Waals surface area contributed by atoms with Crippen LogP contribution in [0.25, 0.3) is 0 Å². The van der Waals surface area contributed by atoms with Crippen LogP contribution in [-0.2, 0) is 4.74 Å². The van der Waals surface area contributed by atoms with E-state index in [0.29, 0.717) is 12.0 Å². The van der Waals surface area contributed by atoms with Gasteiger partial charge >= 0.3 is 0 Å². The first-order valence-electron chi connectivity index (χ1n) is 4.76. The van der Waals surface area contributed by atoms with Gasteiger partial charge in [-0.15, -0.1) is 0 Å². The molecule has 0 saturated carbocycles. The first-order chi connectivity index (χ1) is 7.20. The Morgan fingerprint density at radius 2 is 2.20 bits per heavy atom. The van der Waals surface area contributed by atoms with Gasteiger partial charge in [-0.1, -0.05) is 25.5 Å². The van der Waals surface area contributed by atoms with Gasteiger partial charge in [-0.2, -0.15) is 5.26 Å². The molecule has 0 aliphatic carbocycles. The van der Waals surface area contributed by atoms with E-state index < -0.39 is 6.10 Å². The third-order valence-electron chi connectivity index (χ3n) is 2.14. The molecule has 0 radical (unpaired) electrons. The number of ether oxygens (including phenoxy) is 1. The summed E-state index contributed by atoms with van der Waals surface area (Å²) in [4.78, 5) is 0. The Hall–Kier alpha value is -1.89. The Balaban J connectivity index is 3.00. The second kappa shape index (κ2) is 5.11. The molecule has 0 aromatic heterocycles. The fourth-order valence-corrected chi connectivity index (χ4v) is 1.41. The molecule has 0 heterocycles. The van der Waals surface area contributed by atoms with Crippen LogP contribution in [-0.4, -0.2) is 10.2 Å². The van der Waals surface area contributed by atoms with Crippen molar-refractivity contribution in [3.05, 3.63) is 23.8 Å².